The van der Waals surface area contributed by atoms with Gasteiger partial charge in [0, 0.05) is 6.61 Å². The van der Waals surface area contributed by atoms with Crippen LogP contribution in [0, 0.1) is 0 Å². The molecule has 0 atom stereocenters. The second-order valence-electron chi connectivity index (χ2n) is 3.63. The quantitative estimate of drug-likeness (QED) is 0.408. The van der Waals surface area contributed by atoms with Gasteiger partial charge in [-0.25, -0.2) is 0 Å². The Bertz CT molecular complexity index is 116. The monoisotopic (exact) mass is 418 g/mol. The molecule has 0 heterocycles. The minimum atomic E-state index is -3.29. The van der Waals surface area contributed by atoms with Gasteiger partial charge >= 0.3 is 49.6 Å². The van der Waals surface area contributed by atoms with E-state index in [-0.39, 0.29) is 0 Å². The molecule has 0 saturated carbocycles. The zero-order valence-electron chi connectivity index (χ0n) is 9.82. The van der Waals surface area contributed by atoms with Crippen LogP contribution in [-0.4, -0.2) is 25.6 Å². The van der Waals surface area contributed by atoms with Gasteiger partial charge in [-0.1, -0.05) is 51.9 Å². The Morgan fingerprint density at radius 2 is 1.06 bits per heavy atom. The zero-order chi connectivity index (χ0) is 12.9. The van der Waals surface area contributed by atoms with Crippen molar-refractivity contribution in [2.75, 3.05) is 6.61 Å². The molecule has 0 rings (SSSR count). The summed E-state index contributed by atoms with van der Waals surface area (Å²) in [6.07, 6.45) is 10.4. The van der Waals surface area contributed by atoms with E-state index in [9.17, 15) is 0 Å². The number of hydrogen-bond donors (Lipinski definition) is 1. The number of unbranched alkanes of at least 4 members (excludes halogenated alkanes) is 7. The first-order chi connectivity index (χ1) is 7.41. The van der Waals surface area contributed by atoms with Crippen molar-refractivity contribution < 1.29 is 5.11 Å². The third-order valence-electron chi connectivity index (χ3n) is 2.01. The van der Waals surface area contributed by atoms with Crippen molar-refractivity contribution in [1.29, 1.82) is 0 Å². The first-order valence-corrected chi connectivity index (χ1v) is 20.2. The molecule has 0 unspecified atom stereocenters. The second kappa shape index (κ2) is 15.0. The molecule has 0 spiro atoms. The van der Waals surface area contributed by atoms with Gasteiger partial charge in [0.1, 0.15) is 0 Å². The van der Waals surface area contributed by atoms with Crippen molar-refractivity contribution in [3.05, 3.63) is 0 Å². The number of aliphatic hydroxyl groups excluding tert-OH is 1. The van der Waals surface area contributed by atoms with Gasteiger partial charge in [-0.05, 0) is 6.42 Å². The van der Waals surface area contributed by atoms with E-state index in [1.165, 1.54) is 44.9 Å². The maximum atomic E-state index is 8.51. The molecule has 0 saturated heterocycles. The third kappa shape index (κ3) is 36.0. The SMILES string of the molecule is CCCCCCCCCCO.[Cl][Sn]([Cl])([Cl])[Cl]. The fraction of sp³-hybridized carbons (Fsp3) is 1.00. The molecular weight excluding hydrogens is 397 g/mol. The maximum absolute atomic E-state index is 8.51. The Hall–Kier alpha value is 1.92. The van der Waals surface area contributed by atoms with E-state index in [0.29, 0.717) is 6.61 Å². The summed E-state index contributed by atoms with van der Waals surface area (Å²) in [6, 6.07) is 0. The van der Waals surface area contributed by atoms with E-state index in [4.69, 9.17) is 40.8 Å². The van der Waals surface area contributed by atoms with E-state index in [2.05, 4.69) is 6.92 Å². The number of hydrogen-bond acceptors (Lipinski definition) is 1. The molecule has 100 valence electrons. The molecule has 0 aliphatic heterocycles. The van der Waals surface area contributed by atoms with E-state index >= 15 is 0 Å². The van der Waals surface area contributed by atoms with Crippen molar-refractivity contribution in [1.82, 2.24) is 0 Å². The van der Waals surface area contributed by atoms with Crippen molar-refractivity contribution in [2.24, 2.45) is 0 Å². The van der Waals surface area contributed by atoms with Crippen LogP contribution in [0.5, 0.6) is 0 Å². The number of halogens is 4. The average Bonchev–Trinajstić information content (AvgIpc) is 2.14. The summed E-state index contributed by atoms with van der Waals surface area (Å²) in [4.78, 5) is 0. The molecule has 0 aliphatic rings. The van der Waals surface area contributed by atoms with Gasteiger partial charge in [0.25, 0.3) is 0 Å². The first-order valence-electron chi connectivity index (χ1n) is 5.78. The zero-order valence-corrected chi connectivity index (χ0v) is 15.7. The van der Waals surface area contributed by atoms with E-state index in [0.717, 1.165) is 6.42 Å². The summed E-state index contributed by atoms with van der Waals surface area (Å²) in [6.45, 7) is 2.61. The molecule has 6 heteroatoms. The average molecular weight is 419 g/mol. The van der Waals surface area contributed by atoms with Gasteiger partial charge in [-0.3, -0.25) is 0 Å². The molecule has 0 aromatic rings. The Labute approximate surface area is 119 Å². The molecule has 0 aromatic carbocycles. The van der Waals surface area contributed by atoms with Gasteiger partial charge in [0.2, 0.25) is 0 Å². The van der Waals surface area contributed by atoms with Crippen molar-refractivity contribution in [2.45, 2.75) is 58.3 Å². The Kier molecular flexibility index (Phi) is 18.9. The Balaban J connectivity index is 0. The topological polar surface area (TPSA) is 20.2 Å². The molecule has 1 nitrogen and oxygen atoms in total. The second-order valence-corrected chi connectivity index (χ2v) is 29.1. The van der Waals surface area contributed by atoms with Crippen molar-refractivity contribution >= 4 is 49.6 Å². The van der Waals surface area contributed by atoms with Crippen LogP contribution >= 0.6 is 35.7 Å². The summed E-state index contributed by atoms with van der Waals surface area (Å²) in [5, 5.41) is 8.51. The molecule has 0 fully saturated rings. The number of aliphatic hydroxyl groups is 1. The fourth-order valence-corrected chi connectivity index (χ4v) is 1.25. The minimum absolute atomic E-state index is 0.370. The van der Waals surface area contributed by atoms with Crippen LogP contribution in [0.25, 0.3) is 0 Å². The molecular formula is C10H22Cl4OSn. The van der Waals surface area contributed by atoms with Crippen LogP contribution in [-0.2, 0) is 0 Å². The van der Waals surface area contributed by atoms with Gasteiger partial charge in [0.15, 0.2) is 0 Å². The molecule has 0 aliphatic carbocycles. The molecule has 0 amide bonds. The van der Waals surface area contributed by atoms with Gasteiger partial charge in [-0.15, -0.1) is 0 Å². The van der Waals surface area contributed by atoms with Gasteiger partial charge < -0.3 is 5.11 Å². The first kappa shape index (κ1) is 20.2. The van der Waals surface area contributed by atoms with Crippen molar-refractivity contribution in [3.8, 4) is 0 Å². The molecule has 16 heavy (non-hydrogen) atoms. The number of rotatable bonds is 8. The molecule has 0 radical (unpaired) electrons. The summed E-state index contributed by atoms with van der Waals surface area (Å²) in [5.41, 5.74) is 0. The van der Waals surface area contributed by atoms with Crippen LogP contribution < -0.4 is 0 Å². The van der Waals surface area contributed by atoms with Gasteiger partial charge in [-0.2, -0.15) is 0 Å². The molecule has 0 aromatic heterocycles. The van der Waals surface area contributed by atoms with Gasteiger partial charge in [0.05, 0.1) is 0 Å². The summed E-state index contributed by atoms with van der Waals surface area (Å²) < 4.78 is 0. The summed E-state index contributed by atoms with van der Waals surface area (Å²) in [7, 11) is 20.1. The summed E-state index contributed by atoms with van der Waals surface area (Å²) >= 11 is -3.29. The van der Waals surface area contributed by atoms with E-state index < -0.39 is 13.9 Å². The van der Waals surface area contributed by atoms with Crippen LogP contribution in [0.15, 0.2) is 0 Å². The summed E-state index contributed by atoms with van der Waals surface area (Å²) in [5.74, 6) is 0. The predicted octanol–water partition coefficient (Wildman–Crippen LogP) is 5.50. The van der Waals surface area contributed by atoms with Crippen LogP contribution in [0.4, 0.5) is 0 Å². The van der Waals surface area contributed by atoms with Crippen molar-refractivity contribution in [3.63, 3.8) is 0 Å². The normalized spacial score (nSPS) is 10.9. The predicted molar refractivity (Wildman–Crippen MR) is 78.9 cm³/mol. The fourth-order valence-electron chi connectivity index (χ4n) is 1.25. The van der Waals surface area contributed by atoms with Crippen LogP contribution in [0.1, 0.15) is 58.3 Å². The van der Waals surface area contributed by atoms with E-state index in [1.807, 2.05) is 0 Å². The molecule has 0 bridgehead atoms. The van der Waals surface area contributed by atoms with Crippen LogP contribution in [0.2, 0.25) is 0 Å². The Morgan fingerprint density at radius 3 is 1.38 bits per heavy atom. The standard InChI is InChI=1S/C10H22O.4ClH.Sn/c1-2-3-4-5-6-7-8-9-10-11;;;;;/h11H,2-10H2,1H3;4*1H;/q;;;;;+4/p-4. The van der Waals surface area contributed by atoms with E-state index in [1.54, 1.807) is 0 Å². The van der Waals surface area contributed by atoms with Crippen LogP contribution in [0.3, 0.4) is 0 Å². The third-order valence-corrected chi connectivity index (χ3v) is 2.01. The Morgan fingerprint density at radius 1 is 0.750 bits per heavy atom. The molecule has 1 N–H and O–H groups in total.